The highest BCUT2D eigenvalue weighted by Gasteiger charge is 2.21. The molecule has 124 valence electrons. The maximum absolute atomic E-state index is 12.5. The Bertz CT molecular complexity index is 922. The molecule has 0 aliphatic carbocycles. The third-order valence-corrected chi connectivity index (χ3v) is 4.30. The Morgan fingerprint density at radius 2 is 1.88 bits per heavy atom. The van der Waals surface area contributed by atoms with Gasteiger partial charge >= 0.3 is 0 Å². The molecule has 25 heavy (non-hydrogen) atoms. The number of phenolic OH excluding ortho intramolecular Hbond substituents is 1. The number of para-hydroxylation sites is 1. The van der Waals surface area contributed by atoms with Gasteiger partial charge in [-0.05, 0) is 54.4 Å². The Hall–Kier alpha value is -3.34. The number of nitrogens with zero attached hydrogens (tertiary/aromatic N) is 2. The number of nitrogens with one attached hydrogen (secondary N) is 1. The normalized spacial score (nSPS) is 12.7. The van der Waals surface area contributed by atoms with Crippen LogP contribution < -0.4 is 10.2 Å². The van der Waals surface area contributed by atoms with Crippen molar-refractivity contribution in [3.8, 4) is 5.75 Å². The second kappa shape index (κ2) is 6.28. The molecular formula is C20H17N3O2. The molecule has 1 amide bonds. The van der Waals surface area contributed by atoms with Crippen molar-refractivity contribution in [2.24, 2.45) is 0 Å². The Labute approximate surface area is 145 Å². The van der Waals surface area contributed by atoms with Gasteiger partial charge in [-0.15, -0.1) is 0 Å². The predicted molar refractivity (Wildman–Crippen MR) is 97.4 cm³/mol. The smallest absolute Gasteiger partial charge is 0.255 e. The van der Waals surface area contributed by atoms with Gasteiger partial charge in [0.15, 0.2) is 0 Å². The van der Waals surface area contributed by atoms with E-state index in [0.717, 1.165) is 24.5 Å². The number of aromatic hydroxyl groups is 1. The average molecular weight is 331 g/mol. The number of anilines is 3. The molecule has 0 atom stereocenters. The Morgan fingerprint density at radius 1 is 1.08 bits per heavy atom. The van der Waals surface area contributed by atoms with Gasteiger partial charge in [-0.25, -0.2) is 4.98 Å². The highest BCUT2D eigenvalue weighted by Crippen LogP contribution is 2.33. The summed E-state index contributed by atoms with van der Waals surface area (Å²) in [7, 11) is 0. The predicted octanol–water partition coefficient (Wildman–Crippen LogP) is 3.73. The van der Waals surface area contributed by atoms with Crippen molar-refractivity contribution >= 4 is 23.1 Å². The summed E-state index contributed by atoms with van der Waals surface area (Å²) in [6.07, 6.45) is 2.63. The van der Waals surface area contributed by atoms with E-state index in [1.165, 1.54) is 17.7 Å². The molecule has 0 saturated carbocycles. The van der Waals surface area contributed by atoms with E-state index in [9.17, 15) is 9.90 Å². The van der Waals surface area contributed by atoms with Gasteiger partial charge < -0.3 is 15.3 Å². The summed E-state index contributed by atoms with van der Waals surface area (Å²) in [6, 6.07) is 18.1. The van der Waals surface area contributed by atoms with Crippen LogP contribution in [-0.2, 0) is 6.42 Å². The maximum Gasteiger partial charge on any atom is 0.255 e. The standard InChI is InChI=1S/C20H17N3O2/c24-17-7-5-16(6-8-17)22-20(25)15-9-11-21-19(13-15)23-12-10-14-3-1-2-4-18(14)23/h1-9,11,13,24H,10,12H2,(H,22,25). The van der Waals surface area contributed by atoms with Crippen LogP contribution in [0, 0.1) is 0 Å². The zero-order chi connectivity index (χ0) is 17.2. The lowest BCUT2D eigenvalue weighted by molar-refractivity contribution is 0.102. The summed E-state index contributed by atoms with van der Waals surface area (Å²) in [5, 5.41) is 12.1. The topological polar surface area (TPSA) is 65.5 Å². The van der Waals surface area contributed by atoms with E-state index in [1.807, 2.05) is 12.1 Å². The number of amides is 1. The second-order valence-corrected chi connectivity index (χ2v) is 5.93. The van der Waals surface area contributed by atoms with Crippen molar-refractivity contribution < 1.29 is 9.90 Å². The highest BCUT2D eigenvalue weighted by atomic mass is 16.3. The zero-order valence-corrected chi connectivity index (χ0v) is 13.5. The minimum atomic E-state index is -0.207. The SMILES string of the molecule is O=C(Nc1ccc(O)cc1)c1ccnc(N2CCc3ccccc32)c1. The first kappa shape index (κ1) is 15.2. The highest BCUT2D eigenvalue weighted by molar-refractivity contribution is 6.04. The first-order valence-electron chi connectivity index (χ1n) is 8.12. The molecule has 1 aromatic heterocycles. The minimum absolute atomic E-state index is 0.164. The lowest BCUT2D eigenvalue weighted by Crippen LogP contribution is -2.17. The van der Waals surface area contributed by atoms with Gasteiger partial charge in [0.05, 0.1) is 0 Å². The second-order valence-electron chi connectivity index (χ2n) is 5.93. The molecule has 0 saturated heterocycles. The maximum atomic E-state index is 12.5. The molecule has 5 heteroatoms. The molecule has 1 aliphatic rings. The van der Waals surface area contributed by atoms with Crippen LogP contribution in [0.5, 0.6) is 5.75 Å². The van der Waals surface area contributed by atoms with Crippen molar-refractivity contribution in [1.82, 2.24) is 4.98 Å². The number of benzene rings is 2. The largest absolute Gasteiger partial charge is 0.508 e. The number of phenols is 1. The summed E-state index contributed by atoms with van der Waals surface area (Å²) < 4.78 is 0. The van der Waals surface area contributed by atoms with Crippen molar-refractivity contribution in [2.75, 3.05) is 16.8 Å². The molecule has 3 aromatic rings. The quantitative estimate of drug-likeness (QED) is 0.718. The molecule has 1 aliphatic heterocycles. The summed E-state index contributed by atoms with van der Waals surface area (Å²) in [4.78, 5) is 19.1. The molecule has 4 rings (SSSR count). The molecule has 2 heterocycles. The van der Waals surface area contributed by atoms with Crippen LogP contribution in [0.25, 0.3) is 0 Å². The van der Waals surface area contributed by atoms with Crippen LogP contribution >= 0.6 is 0 Å². The molecular weight excluding hydrogens is 314 g/mol. The number of hydrogen-bond donors (Lipinski definition) is 2. The summed E-state index contributed by atoms with van der Waals surface area (Å²) >= 11 is 0. The van der Waals surface area contributed by atoms with Crippen LogP contribution in [0.2, 0.25) is 0 Å². The van der Waals surface area contributed by atoms with Gasteiger partial charge in [-0.3, -0.25) is 4.79 Å². The van der Waals surface area contributed by atoms with Crippen LogP contribution in [-0.4, -0.2) is 22.5 Å². The number of carbonyl (C=O) groups is 1. The van der Waals surface area contributed by atoms with Gasteiger partial charge in [-0.2, -0.15) is 0 Å². The molecule has 0 fully saturated rings. The van der Waals surface area contributed by atoms with Crippen LogP contribution in [0.15, 0.2) is 66.9 Å². The van der Waals surface area contributed by atoms with Crippen molar-refractivity contribution in [2.45, 2.75) is 6.42 Å². The third-order valence-electron chi connectivity index (χ3n) is 4.30. The van der Waals surface area contributed by atoms with E-state index in [1.54, 1.807) is 30.5 Å². The Morgan fingerprint density at radius 3 is 2.72 bits per heavy atom. The lowest BCUT2D eigenvalue weighted by atomic mass is 10.2. The number of carbonyl (C=O) groups excluding carboxylic acids is 1. The number of pyridine rings is 1. The zero-order valence-electron chi connectivity index (χ0n) is 13.5. The van der Waals surface area contributed by atoms with Crippen molar-refractivity contribution in [1.29, 1.82) is 0 Å². The molecule has 2 N–H and O–H groups in total. The van der Waals surface area contributed by atoms with Crippen molar-refractivity contribution in [3.05, 3.63) is 78.0 Å². The van der Waals surface area contributed by atoms with Crippen LogP contribution in [0.1, 0.15) is 15.9 Å². The lowest BCUT2D eigenvalue weighted by Gasteiger charge is -2.18. The van der Waals surface area contributed by atoms with E-state index in [4.69, 9.17) is 0 Å². The van der Waals surface area contributed by atoms with E-state index in [-0.39, 0.29) is 11.7 Å². The van der Waals surface area contributed by atoms with E-state index < -0.39 is 0 Å². The Kier molecular flexibility index (Phi) is 3.82. The van der Waals surface area contributed by atoms with Crippen molar-refractivity contribution in [3.63, 3.8) is 0 Å². The molecule has 0 radical (unpaired) electrons. The third kappa shape index (κ3) is 3.04. The summed E-state index contributed by atoms with van der Waals surface area (Å²) in [6.45, 7) is 0.857. The van der Waals surface area contributed by atoms with E-state index >= 15 is 0 Å². The molecule has 0 bridgehead atoms. The Balaban J connectivity index is 1.57. The van der Waals surface area contributed by atoms with Crippen LogP contribution in [0.4, 0.5) is 17.2 Å². The first-order chi connectivity index (χ1) is 12.2. The number of rotatable bonds is 3. The van der Waals surface area contributed by atoms with Gasteiger partial charge in [0.1, 0.15) is 11.6 Å². The van der Waals surface area contributed by atoms with Crippen LogP contribution in [0.3, 0.4) is 0 Å². The van der Waals surface area contributed by atoms with Gasteiger partial charge in [0, 0.05) is 29.7 Å². The number of hydrogen-bond acceptors (Lipinski definition) is 4. The molecule has 5 nitrogen and oxygen atoms in total. The minimum Gasteiger partial charge on any atom is -0.508 e. The van der Waals surface area contributed by atoms with Gasteiger partial charge in [0.25, 0.3) is 5.91 Å². The summed E-state index contributed by atoms with van der Waals surface area (Å²) in [5.74, 6) is 0.724. The summed E-state index contributed by atoms with van der Waals surface area (Å²) in [5.41, 5.74) is 3.62. The monoisotopic (exact) mass is 331 g/mol. The fourth-order valence-electron chi connectivity index (χ4n) is 3.03. The van der Waals surface area contributed by atoms with E-state index in [2.05, 4.69) is 27.3 Å². The fourth-order valence-corrected chi connectivity index (χ4v) is 3.03. The van der Waals surface area contributed by atoms with E-state index in [0.29, 0.717) is 11.3 Å². The fraction of sp³-hybridized carbons (Fsp3) is 0.100. The number of aromatic nitrogens is 1. The van der Waals surface area contributed by atoms with Gasteiger partial charge in [-0.1, -0.05) is 18.2 Å². The molecule has 2 aromatic carbocycles. The van der Waals surface area contributed by atoms with Gasteiger partial charge in [0.2, 0.25) is 0 Å². The first-order valence-corrected chi connectivity index (χ1v) is 8.12. The molecule has 0 spiro atoms. The molecule has 0 unspecified atom stereocenters. The average Bonchev–Trinajstić information content (AvgIpc) is 3.08. The number of fused-ring (bicyclic) bond motifs is 1.